The minimum atomic E-state index is -3.37. The Labute approximate surface area is 235 Å². The van der Waals surface area contributed by atoms with Crippen LogP contribution in [0.3, 0.4) is 0 Å². The van der Waals surface area contributed by atoms with Crippen LogP contribution in [0.1, 0.15) is 31.2 Å². The molecular formula is C27H31FN3O9P. The molecule has 0 radical (unpaired) electrons. The minimum Gasteiger partial charge on any atom is -0.460 e. The number of aliphatic hydroxyl groups excluding tert-OH is 1. The van der Waals surface area contributed by atoms with Crippen molar-refractivity contribution in [3.8, 4) is 5.75 Å². The van der Waals surface area contributed by atoms with Crippen LogP contribution >= 0.6 is 8.18 Å². The molecule has 3 aromatic rings. The van der Waals surface area contributed by atoms with Gasteiger partial charge in [-0.2, -0.15) is 0 Å². The zero-order valence-corrected chi connectivity index (χ0v) is 23.6. The van der Waals surface area contributed by atoms with Crippen molar-refractivity contribution in [1.82, 2.24) is 14.4 Å². The summed E-state index contributed by atoms with van der Waals surface area (Å²) in [5, 5.41) is 10.6. The molecule has 0 bridgehead atoms. The molecule has 6 atom stereocenters. The minimum absolute atomic E-state index is 0.0210. The van der Waals surface area contributed by atoms with Gasteiger partial charge < -0.3 is 23.9 Å². The molecule has 4 rings (SSSR count). The maximum absolute atomic E-state index is 15.5. The van der Waals surface area contributed by atoms with Crippen LogP contribution in [0.25, 0.3) is 0 Å². The van der Waals surface area contributed by atoms with E-state index in [2.05, 4.69) is 0 Å². The van der Waals surface area contributed by atoms with Gasteiger partial charge in [-0.15, -0.1) is 0 Å². The maximum Gasteiger partial charge on any atom is 0.330 e. The fraction of sp³-hybridized carbons (Fsp3) is 0.370. The van der Waals surface area contributed by atoms with Crippen molar-refractivity contribution in [3.05, 3.63) is 98.8 Å². The summed E-state index contributed by atoms with van der Waals surface area (Å²) in [6.45, 7) is 3.72. The first kappa shape index (κ1) is 30.4. The number of aryl methyl sites for hydroxylation is 1. The van der Waals surface area contributed by atoms with E-state index in [4.69, 9.17) is 18.8 Å². The van der Waals surface area contributed by atoms with Gasteiger partial charge in [0.25, 0.3) is 13.7 Å². The topological polar surface area (TPSA) is 149 Å². The van der Waals surface area contributed by atoms with Crippen LogP contribution in [0, 0.1) is 6.92 Å². The average Bonchev–Trinajstić information content (AvgIpc) is 3.18. The van der Waals surface area contributed by atoms with E-state index in [1.165, 1.54) is 6.92 Å². The Morgan fingerprint density at radius 1 is 1.20 bits per heavy atom. The highest BCUT2D eigenvalue weighted by Crippen LogP contribution is 2.42. The molecule has 1 aliphatic heterocycles. The van der Waals surface area contributed by atoms with E-state index < -0.39 is 62.2 Å². The van der Waals surface area contributed by atoms with Crippen molar-refractivity contribution in [2.24, 2.45) is 0 Å². The molecule has 1 aromatic heterocycles. The number of aromatic nitrogens is 2. The molecule has 0 amide bonds. The summed E-state index contributed by atoms with van der Waals surface area (Å²) in [4.78, 5) is 45.1. The number of esters is 1. The fourth-order valence-electron chi connectivity index (χ4n) is 4.11. The van der Waals surface area contributed by atoms with Gasteiger partial charge in [0.2, 0.25) is 0 Å². The Morgan fingerprint density at radius 3 is 2.54 bits per heavy atom. The van der Waals surface area contributed by atoms with Gasteiger partial charge in [0.15, 0.2) is 11.9 Å². The number of ether oxygens (including phenoxy) is 2. The third-order valence-electron chi connectivity index (χ3n) is 6.51. The lowest BCUT2D eigenvalue weighted by Gasteiger charge is -2.27. The Morgan fingerprint density at radius 2 is 1.88 bits per heavy atom. The van der Waals surface area contributed by atoms with Crippen LogP contribution < -0.4 is 16.1 Å². The molecule has 14 heteroatoms. The number of benzene rings is 2. The van der Waals surface area contributed by atoms with Gasteiger partial charge in [0.1, 0.15) is 30.6 Å². The molecule has 2 heterocycles. The normalized spacial score (nSPS) is 23.7. The van der Waals surface area contributed by atoms with E-state index in [0.29, 0.717) is 0 Å². The standard InChI is InChI=1S/C27H31FN3O9P/c1-17-9-11-20(12-10-17)40-31(18(2)24(34)37-15-19-7-5-4-6-8-19)41(36)38-16-21-23(33)27(3,28)25(39-21)30-14-13-22(32)29-26(30)35/h4-14,18,21,23,25,33,41H,15-16H2,1-3H3,(H,29,32,35)/t18?,21-,23-,25-,27-/m1/s1. The molecule has 2 unspecified atom stereocenters. The molecule has 41 heavy (non-hydrogen) atoms. The zero-order chi connectivity index (χ0) is 29.7. The highest BCUT2D eigenvalue weighted by atomic mass is 31.1. The van der Waals surface area contributed by atoms with Gasteiger partial charge >= 0.3 is 11.7 Å². The predicted molar refractivity (Wildman–Crippen MR) is 145 cm³/mol. The number of nitrogens with zero attached hydrogens (tertiary/aromatic N) is 2. The molecule has 0 spiro atoms. The second kappa shape index (κ2) is 12.9. The van der Waals surface area contributed by atoms with E-state index >= 15 is 4.39 Å². The highest BCUT2D eigenvalue weighted by molar-refractivity contribution is 7.36. The van der Waals surface area contributed by atoms with Crippen molar-refractivity contribution in [1.29, 1.82) is 0 Å². The van der Waals surface area contributed by atoms with Gasteiger partial charge in [0.05, 0.1) is 6.61 Å². The Kier molecular flexibility index (Phi) is 9.57. The second-order valence-corrected chi connectivity index (χ2v) is 11.0. The molecule has 2 N–H and O–H groups in total. The summed E-state index contributed by atoms with van der Waals surface area (Å²) in [5.74, 6) is -0.472. The smallest absolute Gasteiger partial charge is 0.330 e. The summed E-state index contributed by atoms with van der Waals surface area (Å²) in [6, 6.07) is 15.5. The van der Waals surface area contributed by atoms with Crippen molar-refractivity contribution < 1.29 is 37.7 Å². The van der Waals surface area contributed by atoms with Crippen LogP contribution in [0.5, 0.6) is 5.75 Å². The van der Waals surface area contributed by atoms with E-state index in [9.17, 15) is 24.1 Å². The second-order valence-electron chi connectivity index (χ2n) is 9.72. The first-order valence-electron chi connectivity index (χ1n) is 12.7. The monoisotopic (exact) mass is 591 g/mol. The number of rotatable bonds is 11. The summed E-state index contributed by atoms with van der Waals surface area (Å²) >= 11 is 0. The van der Waals surface area contributed by atoms with Crippen molar-refractivity contribution >= 4 is 14.1 Å². The summed E-state index contributed by atoms with van der Waals surface area (Å²) in [5.41, 5.74) is -2.40. The first-order valence-corrected chi connectivity index (χ1v) is 14.0. The summed E-state index contributed by atoms with van der Waals surface area (Å²) in [6.07, 6.45) is -3.71. The highest BCUT2D eigenvalue weighted by Gasteiger charge is 2.55. The summed E-state index contributed by atoms with van der Waals surface area (Å²) in [7, 11) is -3.37. The van der Waals surface area contributed by atoms with Gasteiger partial charge in [0, 0.05) is 12.3 Å². The van der Waals surface area contributed by atoms with Gasteiger partial charge in [-0.1, -0.05) is 52.9 Å². The van der Waals surface area contributed by atoms with Gasteiger partial charge in [-0.3, -0.25) is 23.7 Å². The number of hydrogen-bond donors (Lipinski definition) is 2. The van der Waals surface area contributed by atoms with E-state index in [1.807, 2.05) is 18.0 Å². The zero-order valence-electron chi connectivity index (χ0n) is 22.6. The number of nitrogens with one attached hydrogen (secondary N) is 1. The van der Waals surface area contributed by atoms with E-state index in [1.54, 1.807) is 48.5 Å². The number of carbonyl (C=O) groups excluding carboxylic acids is 1. The SMILES string of the molecule is Cc1ccc(ON(C(C)C(=O)OCc2ccccc2)[PH](=O)OC[C@H]2O[C@@H](n3ccc(=O)[nH]c3=O)[C@](C)(F)[C@@H]2O)cc1. The molecule has 0 saturated carbocycles. The number of hydroxylamine groups is 1. The fourth-order valence-corrected chi connectivity index (χ4v) is 5.15. The summed E-state index contributed by atoms with van der Waals surface area (Å²) < 4.78 is 46.0. The number of hydrogen-bond acceptors (Lipinski definition) is 9. The average molecular weight is 592 g/mol. The molecule has 1 saturated heterocycles. The van der Waals surface area contributed by atoms with Crippen LogP contribution in [0.2, 0.25) is 0 Å². The van der Waals surface area contributed by atoms with Crippen molar-refractivity contribution in [2.45, 2.75) is 57.5 Å². The number of aromatic amines is 1. The first-order chi connectivity index (χ1) is 19.5. The number of H-pyrrole nitrogens is 1. The van der Waals surface area contributed by atoms with E-state index in [0.717, 1.165) is 39.7 Å². The molecule has 2 aromatic carbocycles. The number of aliphatic hydroxyl groups is 1. The molecular weight excluding hydrogens is 560 g/mol. The van der Waals surface area contributed by atoms with Crippen molar-refractivity contribution in [2.75, 3.05) is 6.61 Å². The molecule has 12 nitrogen and oxygen atoms in total. The van der Waals surface area contributed by atoms with Crippen LogP contribution in [-0.2, 0) is 30.0 Å². The van der Waals surface area contributed by atoms with Gasteiger partial charge in [-0.05, 0) is 38.5 Å². The van der Waals surface area contributed by atoms with Crippen LogP contribution in [-0.4, -0.2) is 56.0 Å². The lowest BCUT2D eigenvalue weighted by Crippen LogP contribution is -2.43. The number of alkyl halides is 1. The molecule has 1 fully saturated rings. The maximum atomic E-state index is 15.5. The third-order valence-corrected chi connectivity index (χ3v) is 7.77. The number of halogens is 1. The predicted octanol–water partition coefficient (Wildman–Crippen LogP) is 2.67. The Bertz CT molecular complexity index is 1480. The molecule has 0 aliphatic carbocycles. The van der Waals surface area contributed by atoms with Crippen molar-refractivity contribution in [3.63, 3.8) is 0 Å². The van der Waals surface area contributed by atoms with Crippen LogP contribution in [0.4, 0.5) is 4.39 Å². The molecule has 1 aliphatic rings. The lowest BCUT2D eigenvalue weighted by molar-refractivity contribution is -0.156. The number of carbonyl (C=O) groups is 1. The lowest BCUT2D eigenvalue weighted by atomic mass is 9.98. The van der Waals surface area contributed by atoms with Crippen LogP contribution in [0.15, 0.2) is 76.4 Å². The Hall–Kier alpha value is -3.61. The molecule has 220 valence electrons. The third kappa shape index (κ3) is 7.19. The van der Waals surface area contributed by atoms with E-state index in [-0.39, 0.29) is 12.4 Å². The quantitative estimate of drug-likeness (QED) is 0.194. The largest absolute Gasteiger partial charge is 0.460 e. The Balaban J connectivity index is 1.47. The van der Waals surface area contributed by atoms with Gasteiger partial charge in [-0.25, -0.2) is 9.18 Å².